The predicted molar refractivity (Wildman–Crippen MR) is 78.4 cm³/mol. The summed E-state index contributed by atoms with van der Waals surface area (Å²) in [5.74, 6) is -0.519. The van der Waals surface area contributed by atoms with Crippen molar-refractivity contribution >= 4 is 5.97 Å². The fourth-order valence-corrected chi connectivity index (χ4v) is 4.37. The van der Waals surface area contributed by atoms with Crippen LogP contribution in [0.2, 0.25) is 0 Å². The summed E-state index contributed by atoms with van der Waals surface area (Å²) in [6.07, 6.45) is -5.78. The molecule has 0 aromatic rings. The highest BCUT2D eigenvalue weighted by atomic mass is 16.8. The number of carbonyl (C=O) groups is 1. The molecule has 4 rings (SSSR count). The molecule has 9 nitrogen and oxygen atoms in total. The zero-order valence-corrected chi connectivity index (χ0v) is 13.6. The van der Waals surface area contributed by atoms with Crippen LogP contribution in [-0.2, 0) is 23.7 Å². The highest BCUT2D eigenvalue weighted by molar-refractivity contribution is 5.91. The van der Waals surface area contributed by atoms with Gasteiger partial charge in [-0.05, 0) is 12.3 Å². The van der Waals surface area contributed by atoms with Crippen LogP contribution in [0.3, 0.4) is 0 Å². The van der Waals surface area contributed by atoms with Crippen molar-refractivity contribution in [1.29, 1.82) is 0 Å². The highest BCUT2D eigenvalue weighted by Crippen LogP contribution is 2.52. The normalized spacial score (nSPS) is 51.6. The van der Waals surface area contributed by atoms with E-state index >= 15 is 0 Å². The van der Waals surface area contributed by atoms with E-state index in [9.17, 15) is 25.2 Å². The molecule has 3 aliphatic heterocycles. The van der Waals surface area contributed by atoms with E-state index in [2.05, 4.69) is 0 Å². The third kappa shape index (κ3) is 2.57. The molecule has 25 heavy (non-hydrogen) atoms. The van der Waals surface area contributed by atoms with Crippen LogP contribution in [0.1, 0.15) is 13.3 Å². The van der Waals surface area contributed by atoms with Gasteiger partial charge in [0, 0.05) is 11.8 Å². The molecule has 1 aliphatic carbocycles. The molecule has 10 atom stereocenters. The molecule has 0 amide bonds. The van der Waals surface area contributed by atoms with Gasteiger partial charge in [0.1, 0.15) is 30.5 Å². The van der Waals surface area contributed by atoms with Crippen LogP contribution in [0.5, 0.6) is 0 Å². The Kier molecular flexibility index (Phi) is 4.25. The van der Waals surface area contributed by atoms with E-state index in [1.807, 2.05) is 6.92 Å². The van der Waals surface area contributed by atoms with Gasteiger partial charge in [-0.3, -0.25) is 0 Å². The van der Waals surface area contributed by atoms with Crippen molar-refractivity contribution in [2.45, 2.75) is 56.4 Å². The van der Waals surface area contributed by atoms with Crippen molar-refractivity contribution < 1.29 is 44.2 Å². The molecule has 4 N–H and O–H groups in total. The SMILES string of the molecule is C[C@H]1C[C@@H]2OC(=O)C3=CO[C@@H](O[C@@H]4O[C@H](CO)[C@@H](O)[C@H](O)[C@H]4O)[C@H]1[C@@H]32. The summed E-state index contributed by atoms with van der Waals surface area (Å²) in [5, 5.41) is 39.1. The number of hydrogen-bond acceptors (Lipinski definition) is 9. The molecule has 0 bridgehead atoms. The number of aliphatic hydroxyl groups excluding tert-OH is 4. The van der Waals surface area contributed by atoms with Crippen molar-refractivity contribution in [2.75, 3.05) is 6.61 Å². The molecule has 0 aromatic heterocycles. The Morgan fingerprint density at radius 1 is 1.20 bits per heavy atom. The van der Waals surface area contributed by atoms with Crippen molar-refractivity contribution in [3.8, 4) is 0 Å². The fourth-order valence-electron chi connectivity index (χ4n) is 4.37. The predicted octanol–water partition coefficient (Wildman–Crippen LogP) is -1.76. The number of esters is 1. The van der Waals surface area contributed by atoms with Crippen LogP contribution in [-0.4, -0.2) is 76.1 Å². The summed E-state index contributed by atoms with van der Waals surface area (Å²) in [6.45, 7) is 1.47. The minimum absolute atomic E-state index is 0.133. The molecule has 3 fully saturated rings. The summed E-state index contributed by atoms with van der Waals surface area (Å²) in [7, 11) is 0. The van der Waals surface area contributed by atoms with E-state index in [-0.39, 0.29) is 29.8 Å². The fraction of sp³-hybridized carbons (Fsp3) is 0.812. The number of carbonyl (C=O) groups excluding carboxylic acids is 1. The molecule has 0 radical (unpaired) electrons. The lowest BCUT2D eigenvalue weighted by Gasteiger charge is -2.42. The molecule has 4 aliphatic rings. The number of aliphatic hydroxyl groups is 4. The van der Waals surface area contributed by atoms with Crippen LogP contribution in [0, 0.1) is 17.8 Å². The summed E-state index contributed by atoms with van der Waals surface area (Å²) in [6, 6.07) is 0. The maximum Gasteiger partial charge on any atom is 0.337 e. The van der Waals surface area contributed by atoms with Gasteiger partial charge in [-0.2, -0.15) is 0 Å². The van der Waals surface area contributed by atoms with Gasteiger partial charge in [0.25, 0.3) is 0 Å². The van der Waals surface area contributed by atoms with E-state index in [4.69, 9.17) is 18.9 Å². The number of rotatable bonds is 3. The lowest BCUT2D eigenvalue weighted by atomic mass is 9.84. The molecule has 2 saturated heterocycles. The largest absolute Gasteiger partial charge is 0.472 e. The maximum atomic E-state index is 11.9. The zero-order valence-electron chi connectivity index (χ0n) is 13.6. The Morgan fingerprint density at radius 3 is 2.68 bits per heavy atom. The molecule has 140 valence electrons. The number of ether oxygens (including phenoxy) is 4. The maximum absolute atomic E-state index is 11.9. The molecule has 0 aromatic carbocycles. The third-order valence-electron chi connectivity index (χ3n) is 5.69. The van der Waals surface area contributed by atoms with Gasteiger partial charge in [-0.15, -0.1) is 0 Å². The zero-order chi connectivity index (χ0) is 17.9. The summed E-state index contributed by atoms with van der Waals surface area (Å²) in [5.41, 5.74) is 0.494. The minimum atomic E-state index is -1.52. The second kappa shape index (κ2) is 6.19. The molecular weight excluding hydrogens is 336 g/mol. The molecule has 3 heterocycles. The average Bonchev–Trinajstić information content (AvgIpc) is 3.08. The average molecular weight is 358 g/mol. The lowest BCUT2D eigenvalue weighted by molar-refractivity contribution is -0.342. The first-order chi connectivity index (χ1) is 11.9. The second-order valence-electron chi connectivity index (χ2n) is 7.17. The summed E-state index contributed by atoms with van der Waals surface area (Å²) >= 11 is 0. The highest BCUT2D eigenvalue weighted by Gasteiger charge is 2.58. The molecular formula is C16H22O9. The first kappa shape index (κ1) is 17.2. The van der Waals surface area contributed by atoms with E-state index < -0.39 is 43.6 Å². The minimum Gasteiger partial charge on any atom is -0.472 e. The Hall–Kier alpha value is -1.23. The first-order valence-electron chi connectivity index (χ1n) is 8.45. The number of hydrogen-bond donors (Lipinski definition) is 4. The van der Waals surface area contributed by atoms with Gasteiger partial charge in [-0.25, -0.2) is 4.79 Å². The van der Waals surface area contributed by atoms with Gasteiger partial charge in [0.05, 0.1) is 18.4 Å². The van der Waals surface area contributed by atoms with Crippen molar-refractivity contribution in [3.05, 3.63) is 11.8 Å². The van der Waals surface area contributed by atoms with Crippen LogP contribution in [0.25, 0.3) is 0 Å². The van der Waals surface area contributed by atoms with Gasteiger partial charge in [-0.1, -0.05) is 6.92 Å². The Morgan fingerprint density at radius 2 is 1.96 bits per heavy atom. The van der Waals surface area contributed by atoms with Gasteiger partial charge >= 0.3 is 5.97 Å². The molecule has 0 spiro atoms. The standard InChI is InChI=1S/C16H22O9/c1-5-2-7-10-6(14(21)23-7)4-22-15(9(5)10)25-16-13(20)12(19)11(18)8(3-17)24-16/h4-5,7-13,15-20H,2-3H2,1H3/t5-,7-,8+,9+,10-,11+,12-,13+,15-,16-/m0/s1. The Balaban J connectivity index is 1.53. The van der Waals surface area contributed by atoms with E-state index in [0.717, 1.165) is 0 Å². The van der Waals surface area contributed by atoms with E-state index in [1.54, 1.807) is 0 Å². The first-order valence-corrected chi connectivity index (χ1v) is 8.45. The molecule has 1 saturated carbocycles. The van der Waals surface area contributed by atoms with Crippen molar-refractivity contribution in [1.82, 2.24) is 0 Å². The van der Waals surface area contributed by atoms with Gasteiger partial charge < -0.3 is 39.4 Å². The Bertz CT molecular complexity index is 576. The van der Waals surface area contributed by atoms with Crippen LogP contribution in [0.15, 0.2) is 11.8 Å². The van der Waals surface area contributed by atoms with Gasteiger partial charge in [0.2, 0.25) is 6.29 Å². The molecule has 0 unspecified atom stereocenters. The van der Waals surface area contributed by atoms with Crippen LogP contribution >= 0.6 is 0 Å². The monoisotopic (exact) mass is 358 g/mol. The lowest BCUT2D eigenvalue weighted by Crippen LogP contribution is -2.60. The molecule has 9 heteroatoms. The second-order valence-corrected chi connectivity index (χ2v) is 7.17. The van der Waals surface area contributed by atoms with Crippen molar-refractivity contribution in [3.63, 3.8) is 0 Å². The summed E-state index contributed by atoms with van der Waals surface area (Å²) < 4.78 is 22.1. The van der Waals surface area contributed by atoms with Crippen LogP contribution < -0.4 is 0 Å². The third-order valence-corrected chi connectivity index (χ3v) is 5.69. The van der Waals surface area contributed by atoms with Crippen LogP contribution in [0.4, 0.5) is 0 Å². The summed E-state index contributed by atoms with van der Waals surface area (Å²) in [4.78, 5) is 11.9. The van der Waals surface area contributed by atoms with E-state index in [1.165, 1.54) is 6.26 Å². The quantitative estimate of drug-likeness (QED) is 0.433. The Labute approximate surface area is 143 Å². The van der Waals surface area contributed by atoms with E-state index in [0.29, 0.717) is 12.0 Å². The topological polar surface area (TPSA) is 135 Å². The van der Waals surface area contributed by atoms with Gasteiger partial charge in [0.15, 0.2) is 6.29 Å². The smallest absolute Gasteiger partial charge is 0.337 e. The van der Waals surface area contributed by atoms with Crippen molar-refractivity contribution in [2.24, 2.45) is 17.8 Å².